The number of fused-ring (bicyclic) bond motifs is 2. The molecular weight excluding hydrogens is 554 g/mol. The standard InChI is InChI=1S/C29H32ClN3O6S/c1-31-40(36,37)23-13-9-21(10-14-23)11-16-29(35)33-17-5-2-6-18-38-26-7-3-4-8-27(26)39-25-15-12-22(30)19-24(25)32-28(34)20-33/h3-4,7-10,12-15,19,31H,2,5-6,11,16-18,20H2,1H3,(H,32,34). The first kappa shape index (κ1) is 29.4. The van der Waals surface area contributed by atoms with Crippen LogP contribution >= 0.6 is 11.6 Å². The summed E-state index contributed by atoms with van der Waals surface area (Å²) in [7, 11) is -2.18. The second-order valence-corrected chi connectivity index (χ2v) is 11.6. The highest BCUT2D eigenvalue weighted by molar-refractivity contribution is 7.89. The number of para-hydroxylation sites is 2. The second-order valence-electron chi connectivity index (χ2n) is 9.31. The number of carbonyl (C=O) groups is 2. The Hall–Kier alpha value is -3.60. The molecule has 9 nitrogen and oxygen atoms in total. The summed E-state index contributed by atoms with van der Waals surface area (Å²) >= 11 is 6.21. The summed E-state index contributed by atoms with van der Waals surface area (Å²) in [6.07, 6.45) is 2.88. The number of aryl methyl sites for hydroxylation is 1. The van der Waals surface area contributed by atoms with E-state index in [9.17, 15) is 18.0 Å². The summed E-state index contributed by atoms with van der Waals surface area (Å²) in [5.41, 5.74) is 1.20. The SMILES string of the molecule is CNS(=O)(=O)c1ccc(CCC(=O)N2CCCCCOc3ccccc3Oc3ccc(Cl)cc3NC(=O)C2)cc1. The van der Waals surface area contributed by atoms with E-state index in [2.05, 4.69) is 10.0 Å². The Bertz CT molecular complexity index is 1450. The van der Waals surface area contributed by atoms with E-state index < -0.39 is 10.0 Å². The van der Waals surface area contributed by atoms with Gasteiger partial charge in [0.25, 0.3) is 0 Å². The van der Waals surface area contributed by atoms with Gasteiger partial charge in [-0.25, -0.2) is 13.1 Å². The van der Waals surface area contributed by atoms with Crippen LogP contribution in [0.4, 0.5) is 5.69 Å². The van der Waals surface area contributed by atoms with Crippen LogP contribution in [0.2, 0.25) is 5.02 Å². The molecule has 2 N–H and O–H groups in total. The monoisotopic (exact) mass is 585 g/mol. The number of halogens is 1. The topological polar surface area (TPSA) is 114 Å². The molecule has 1 aliphatic heterocycles. The van der Waals surface area contributed by atoms with Crippen molar-refractivity contribution < 1.29 is 27.5 Å². The number of carbonyl (C=O) groups excluding carboxylic acids is 2. The molecule has 1 heterocycles. The molecule has 3 aromatic carbocycles. The highest BCUT2D eigenvalue weighted by Gasteiger charge is 2.20. The summed E-state index contributed by atoms with van der Waals surface area (Å²) in [5, 5.41) is 3.26. The van der Waals surface area contributed by atoms with Crippen LogP contribution in [0.15, 0.2) is 71.6 Å². The maximum atomic E-state index is 13.2. The molecule has 0 spiro atoms. The predicted molar refractivity (Wildman–Crippen MR) is 154 cm³/mol. The lowest BCUT2D eigenvalue weighted by atomic mass is 10.1. The van der Waals surface area contributed by atoms with Crippen molar-refractivity contribution in [1.82, 2.24) is 9.62 Å². The number of sulfonamides is 1. The first-order chi connectivity index (χ1) is 19.2. The lowest BCUT2D eigenvalue weighted by Gasteiger charge is -2.23. The maximum absolute atomic E-state index is 13.2. The fourth-order valence-corrected chi connectivity index (χ4v) is 5.14. The molecule has 212 valence electrons. The van der Waals surface area contributed by atoms with Crippen molar-refractivity contribution in [3.63, 3.8) is 0 Å². The van der Waals surface area contributed by atoms with Crippen molar-refractivity contribution in [2.45, 2.75) is 37.0 Å². The molecule has 0 aromatic heterocycles. The van der Waals surface area contributed by atoms with Crippen molar-refractivity contribution in [1.29, 1.82) is 0 Å². The molecule has 2 amide bonds. The van der Waals surface area contributed by atoms with E-state index in [1.807, 2.05) is 18.2 Å². The summed E-state index contributed by atoms with van der Waals surface area (Å²) in [5.74, 6) is 0.964. The number of hydrogen-bond donors (Lipinski definition) is 2. The molecule has 11 heteroatoms. The molecule has 0 aliphatic carbocycles. The Labute approximate surface area is 239 Å². The van der Waals surface area contributed by atoms with E-state index in [0.29, 0.717) is 54.0 Å². The first-order valence-corrected chi connectivity index (χ1v) is 14.9. The quantitative estimate of drug-likeness (QED) is 0.435. The third-order valence-electron chi connectivity index (χ3n) is 6.43. The smallest absolute Gasteiger partial charge is 0.244 e. The van der Waals surface area contributed by atoms with Gasteiger partial charge in [-0.3, -0.25) is 9.59 Å². The number of hydrogen-bond acceptors (Lipinski definition) is 6. The molecule has 0 atom stereocenters. The van der Waals surface area contributed by atoms with Crippen LogP contribution in [0.25, 0.3) is 0 Å². The highest BCUT2D eigenvalue weighted by atomic mass is 35.5. The van der Waals surface area contributed by atoms with Crippen molar-refractivity contribution >= 4 is 39.1 Å². The molecular formula is C29H32ClN3O6S. The summed E-state index contributed by atoms with van der Waals surface area (Å²) in [6.45, 7) is 0.774. The van der Waals surface area contributed by atoms with Gasteiger partial charge in [-0.1, -0.05) is 35.9 Å². The van der Waals surface area contributed by atoms with Crippen molar-refractivity contribution in [2.24, 2.45) is 0 Å². The van der Waals surface area contributed by atoms with E-state index in [1.165, 1.54) is 19.2 Å². The van der Waals surface area contributed by atoms with Crippen molar-refractivity contribution in [3.8, 4) is 17.2 Å². The van der Waals surface area contributed by atoms with E-state index in [1.54, 1.807) is 41.3 Å². The zero-order valence-corrected chi connectivity index (χ0v) is 23.8. The summed E-state index contributed by atoms with van der Waals surface area (Å²) in [4.78, 5) is 28.0. The van der Waals surface area contributed by atoms with Crippen LogP contribution in [0.5, 0.6) is 17.2 Å². The molecule has 0 radical (unpaired) electrons. The van der Waals surface area contributed by atoms with Gasteiger partial charge >= 0.3 is 0 Å². The van der Waals surface area contributed by atoms with Crippen LogP contribution in [-0.2, 0) is 26.0 Å². The molecule has 4 rings (SSSR count). The number of ether oxygens (including phenoxy) is 2. The van der Waals surface area contributed by atoms with Gasteiger partial charge in [0, 0.05) is 18.0 Å². The van der Waals surface area contributed by atoms with Crippen LogP contribution in [0.1, 0.15) is 31.2 Å². The largest absolute Gasteiger partial charge is 0.490 e. The second kappa shape index (κ2) is 13.6. The van der Waals surface area contributed by atoms with Crippen LogP contribution in [0, 0.1) is 0 Å². The van der Waals surface area contributed by atoms with E-state index in [4.69, 9.17) is 21.1 Å². The van der Waals surface area contributed by atoms with E-state index in [0.717, 1.165) is 18.4 Å². The van der Waals surface area contributed by atoms with E-state index >= 15 is 0 Å². The average molecular weight is 586 g/mol. The molecule has 0 fully saturated rings. The first-order valence-electron chi connectivity index (χ1n) is 13.0. The third-order valence-corrected chi connectivity index (χ3v) is 8.10. The highest BCUT2D eigenvalue weighted by Crippen LogP contribution is 2.36. The van der Waals surface area contributed by atoms with Gasteiger partial charge in [-0.05, 0) is 80.8 Å². The van der Waals surface area contributed by atoms with Gasteiger partial charge < -0.3 is 19.7 Å². The minimum absolute atomic E-state index is 0.128. The Morgan fingerprint density at radius 3 is 2.50 bits per heavy atom. The Morgan fingerprint density at radius 2 is 1.75 bits per heavy atom. The predicted octanol–water partition coefficient (Wildman–Crippen LogP) is 5.00. The number of benzene rings is 3. The minimum Gasteiger partial charge on any atom is -0.490 e. The van der Waals surface area contributed by atoms with Gasteiger partial charge in [0.05, 0.1) is 23.7 Å². The normalized spacial score (nSPS) is 14.8. The molecule has 0 saturated heterocycles. The lowest BCUT2D eigenvalue weighted by molar-refractivity contribution is -0.134. The summed E-state index contributed by atoms with van der Waals surface area (Å²) in [6, 6.07) is 18.7. The van der Waals surface area contributed by atoms with Gasteiger partial charge in [0.1, 0.15) is 0 Å². The average Bonchev–Trinajstić information content (AvgIpc) is 2.95. The minimum atomic E-state index is -3.53. The fourth-order valence-electron chi connectivity index (χ4n) is 4.24. The third kappa shape index (κ3) is 7.97. The molecule has 0 saturated carbocycles. The number of amides is 2. The number of rotatable bonds is 5. The van der Waals surface area contributed by atoms with Crippen LogP contribution < -0.4 is 19.5 Å². The zero-order chi connectivity index (χ0) is 28.5. The van der Waals surface area contributed by atoms with Gasteiger partial charge in [-0.2, -0.15) is 0 Å². The fraction of sp³-hybridized carbons (Fsp3) is 0.310. The number of anilines is 1. The molecule has 0 unspecified atom stereocenters. The number of nitrogens with one attached hydrogen (secondary N) is 2. The zero-order valence-electron chi connectivity index (χ0n) is 22.2. The molecule has 0 bridgehead atoms. The van der Waals surface area contributed by atoms with Crippen LogP contribution in [0.3, 0.4) is 0 Å². The lowest BCUT2D eigenvalue weighted by Crippen LogP contribution is -2.38. The van der Waals surface area contributed by atoms with E-state index in [-0.39, 0.29) is 29.7 Å². The Balaban J connectivity index is 1.47. The van der Waals surface area contributed by atoms with Crippen LogP contribution in [-0.4, -0.2) is 51.9 Å². The Morgan fingerprint density at radius 1 is 1.00 bits per heavy atom. The van der Waals surface area contributed by atoms with Crippen molar-refractivity contribution in [3.05, 3.63) is 77.3 Å². The summed E-state index contributed by atoms with van der Waals surface area (Å²) < 4.78 is 38.2. The Kier molecular flexibility index (Phi) is 10.0. The molecule has 1 aliphatic rings. The van der Waals surface area contributed by atoms with Crippen molar-refractivity contribution in [2.75, 3.05) is 32.1 Å². The van der Waals surface area contributed by atoms with Gasteiger partial charge in [-0.15, -0.1) is 0 Å². The number of nitrogens with zero attached hydrogens (tertiary/aromatic N) is 1. The van der Waals surface area contributed by atoms with Gasteiger partial charge in [0.2, 0.25) is 21.8 Å². The molecule has 3 aromatic rings. The molecule has 40 heavy (non-hydrogen) atoms. The maximum Gasteiger partial charge on any atom is 0.244 e. The van der Waals surface area contributed by atoms with Gasteiger partial charge in [0.15, 0.2) is 17.2 Å².